The van der Waals surface area contributed by atoms with Crippen LogP contribution in [0.15, 0.2) is 72.8 Å². The van der Waals surface area contributed by atoms with Crippen LogP contribution in [0, 0.1) is 25.7 Å². The van der Waals surface area contributed by atoms with E-state index in [-0.39, 0.29) is 72.3 Å². The van der Waals surface area contributed by atoms with Crippen molar-refractivity contribution in [1.29, 1.82) is 0 Å². The van der Waals surface area contributed by atoms with Crippen LogP contribution in [0.5, 0.6) is 11.5 Å². The Kier molecular flexibility index (Phi) is 12.9. The van der Waals surface area contributed by atoms with E-state index in [4.69, 9.17) is 26.2 Å². The summed E-state index contributed by atoms with van der Waals surface area (Å²) >= 11 is 7.16. The smallest absolute Gasteiger partial charge is 0.260 e. The number of hydrogen-bond donors (Lipinski definition) is 3. The Bertz CT molecular complexity index is 3090. The third kappa shape index (κ3) is 8.67. The molecule has 1 saturated carbocycles. The average Bonchev–Trinajstić information content (AvgIpc) is 4.00. The topological polar surface area (TPSA) is 186 Å². The number of ether oxygens (including phenoxy) is 2. The van der Waals surface area contributed by atoms with Gasteiger partial charge in [-0.05, 0) is 81.5 Å². The maximum absolute atomic E-state index is 14.1. The quantitative estimate of drug-likeness (QED) is 0.0440. The van der Waals surface area contributed by atoms with Crippen LogP contribution in [0.1, 0.15) is 94.6 Å². The summed E-state index contributed by atoms with van der Waals surface area (Å²) in [6, 6.07) is 22.7. The van der Waals surface area contributed by atoms with E-state index in [0.29, 0.717) is 62.9 Å². The highest BCUT2D eigenvalue weighted by Gasteiger charge is 2.52. The molecule has 4 heterocycles. The predicted octanol–water partition coefficient (Wildman–Crippen LogP) is 7.04. The summed E-state index contributed by atoms with van der Waals surface area (Å²) in [7, 11) is 1.90. The molecular formula is C54H57ClN6O9. The zero-order chi connectivity index (χ0) is 49.0. The highest BCUT2D eigenvalue weighted by molar-refractivity contribution is 6.35. The molecule has 2 aliphatic heterocycles. The van der Waals surface area contributed by atoms with E-state index in [1.165, 1.54) is 0 Å². The SMILES string of the molecule is Cc1nn(C)c(C)c1-c1c(Cl)ccc2c(CCCOc3cccc4ccccc34)c(C(O)O)n(CCN3CCN(C(=O)COc4cccc5c4C(=O)C(C4CCC(=O)NC4=O)CCC5=O)CC34CC4)c12. The molecule has 364 valence electrons. The first-order valence-electron chi connectivity index (χ1n) is 24.2. The van der Waals surface area contributed by atoms with E-state index >= 15 is 0 Å². The van der Waals surface area contributed by atoms with Gasteiger partial charge in [-0.3, -0.25) is 38.9 Å². The third-order valence-electron chi connectivity index (χ3n) is 15.2. The van der Waals surface area contributed by atoms with Gasteiger partial charge >= 0.3 is 0 Å². The average molecular weight is 970 g/mol. The lowest BCUT2D eigenvalue weighted by molar-refractivity contribution is -0.138. The van der Waals surface area contributed by atoms with Crippen molar-refractivity contribution in [1.82, 2.24) is 29.5 Å². The van der Waals surface area contributed by atoms with Gasteiger partial charge in [0.05, 0.1) is 34.1 Å². The molecule has 2 aliphatic carbocycles. The number of imide groups is 1. The Morgan fingerprint density at radius 1 is 0.857 bits per heavy atom. The molecule has 4 aliphatic rings. The van der Waals surface area contributed by atoms with Crippen LogP contribution in [0.3, 0.4) is 0 Å². The Morgan fingerprint density at radius 2 is 1.61 bits per heavy atom. The number of aryl methyl sites for hydroxylation is 3. The normalized spacial score (nSPS) is 19.3. The highest BCUT2D eigenvalue weighted by atomic mass is 35.5. The number of halogens is 1. The number of nitrogens with one attached hydrogen (secondary N) is 1. The predicted molar refractivity (Wildman–Crippen MR) is 263 cm³/mol. The fraction of sp³-hybridized carbons (Fsp3) is 0.407. The molecule has 2 unspecified atom stereocenters. The van der Waals surface area contributed by atoms with E-state index in [9.17, 15) is 34.2 Å². The van der Waals surface area contributed by atoms with Crippen LogP contribution >= 0.6 is 11.6 Å². The number of piperidine rings is 1. The Hall–Kier alpha value is -6.39. The highest BCUT2D eigenvalue weighted by Crippen LogP contribution is 2.46. The molecule has 2 atom stereocenters. The van der Waals surface area contributed by atoms with Gasteiger partial charge < -0.3 is 29.2 Å². The van der Waals surface area contributed by atoms with Crippen molar-refractivity contribution in [2.24, 2.45) is 18.9 Å². The number of ketones is 2. The van der Waals surface area contributed by atoms with E-state index in [2.05, 4.69) is 22.3 Å². The summed E-state index contributed by atoms with van der Waals surface area (Å²) in [4.78, 5) is 70.3. The number of benzene rings is 4. The minimum atomic E-state index is -1.79. The Morgan fingerprint density at radius 3 is 2.37 bits per heavy atom. The number of carbonyl (C=O) groups is 5. The molecule has 0 bridgehead atoms. The maximum atomic E-state index is 14.1. The number of aromatic nitrogens is 3. The van der Waals surface area contributed by atoms with Gasteiger partial charge in [-0.15, -0.1) is 0 Å². The molecule has 4 aromatic carbocycles. The van der Waals surface area contributed by atoms with Crippen LogP contribution in [-0.4, -0.2) is 109 Å². The molecule has 16 heteroatoms. The molecule has 6 aromatic rings. The molecular weight excluding hydrogens is 912 g/mol. The van der Waals surface area contributed by atoms with Crippen LogP contribution in [0.2, 0.25) is 5.02 Å². The van der Waals surface area contributed by atoms with Gasteiger partial charge in [0.25, 0.3) is 5.91 Å². The fourth-order valence-electron chi connectivity index (χ4n) is 11.4. The number of aliphatic hydroxyl groups excluding tert-OH is 1. The first-order chi connectivity index (χ1) is 33.7. The summed E-state index contributed by atoms with van der Waals surface area (Å²) in [5.74, 6) is -2.41. The fourth-order valence-corrected chi connectivity index (χ4v) is 11.7. The Labute approximate surface area is 410 Å². The van der Waals surface area contributed by atoms with Gasteiger partial charge in [0.2, 0.25) is 11.8 Å². The lowest BCUT2D eigenvalue weighted by Crippen LogP contribution is -2.57. The largest absolute Gasteiger partial charge is 0.493 e. The standard InChI is InChI=1S/C54H57ClN6O9/c1-31-46(32(2)58(3)57-31)48-40(55)19-16-36-35(13-8-28-69-42-14-6-10-33-9-4-5-11-34(33)42)50(53(67)68)61(49(36)48)27-26-60-25-24-59(30-54(60)22-23-54)45(64)29-70-43-15-7-12-39-41(62)20-17-37(51(65)47(39)43)38-18-21-44(63)56-52(38)66/h4-7,9-12,14-16,19,37-38,53,67-68H,8,13,17-18,20-30H2,1-3H3,(H,56,63,66). The first-order valence-corrected chi connectivity index (χ1v) is 24.6. The van der Waals surface area contributed by atoms with Crippen LogP contribution in [0.25, 0.3) is 32.8 Å². The zero-order valence-electron chi connectivity index (χ0n) is 39.6. The summed E-state index contributed by atoms with van der Waals surface area (Å²) in [6.07, 6.45) is 1.66. The number of rotatable bonds is 14. The number of piperazine rings is 1. The van der Waals surface area contributed by atoms with Crippen LogP contribution in [-0.2, 0) is 34.4 Å². The molecule has 3 N–H and O–H groups in total. The van der Waals surface area contributed by atoms with E-state index in [1.807, 2.05) is 72.6 Å². The number of fused-ring (bicyclic) bond motifs is 3. The molecule has 2 saturated heterocycles. The van der Waals surface area contributed by atoms with Crippen LogP contribution < -0.4 is 14.8 Å². The number of aliphatic hydroxyl groups is 2. The summed E-state index contributed by atoms with van der Waals surface area (Å²) in [6.45, 7) is 6.43. The molecule has 1 spiro atoms. The second kappa shape index (κ2) is 19.1. The molecule has 15 nitrogen and oxygen atoms in total. The molecule has 0 radical (unpaired) electrons. The van der Waals surface area contributed by atoms with Crippen molar-refractivity contribution in [3.8, 4) is 22.6 Å². The van der Waals surface area contributed by atoms with Gasteiger partial charge in [-0.1, -0.05) is 66.2 Å². The second-order valence-electron chi connectivity index (χ2n) is 19.3. The van der Waals surface area contributed by atoms with Crippen molar-refractivity contribution in [2.45, 2.75) is 83.6 Å². The van der Waals surface area contributed by atoms with E-state index in [0.717, 1.165) is 68.3 Å². The van der Waals surface area contributed by atoms with Crippen LogP contribution in [0.4, 0.5) is 0 Å². The summed E-state index contributed by atoms with van der Waals surface area (Å²) in [5.41, 5.74) is 5.44. The van der Waals surface area contributed by atoms with Crippen molar-refractivity contribution in [2.75, 3.05) is 39.4 Å². The minimum Gasteiger partial charge on any atom is -0.493 e. The van der Waals surface area contributed by atoms with Crippen molar-refractivity contribution in [3.63, 3.8) is 0 Å². The number of amides is 3. The first kappa shape index (κ1) is 47.3. The second-order valence-corrected chi connectivity index (χ2v) is 19.7. The van der Waals surface area contributed by atoms with Gasteiger partial charge in [0.1, 0.15) is 11.5 Å². The lowest BCUT2D eigenvalue weighted by Gasteiger charge is -2.42. The maximum Gasteiger partial charge on any atom is 0.260 e. The minimum absolute atomic E-state index is 0.0703. The van der Waals surface area contributed by atoms with Crippen molar-refractivity contribution in [3.05, 3.63) is 112 Å². The van der Waals surface area contributed by atoms with Gasteiger partial charge in [-0.25, -0.2) is 0 Å². The summed E-state index contributed by atoms with van der Waals surface area (Å²) < 4.78 is 16.3. The van der Waals surface area contributed by atoms with Gasteiger partial charge in [0, 0.05) is 103 Å². The van der Waals surface area contributed by atoms with Crippen molar-refractivity contribution >= 4 is 62.6 Å². The molecule has 2 aromatic heterocycles. The van der Waals surface area contributed by atoms with E-state index in [1.54, 1.807) is 23.1 Å². The van der Waals surface area contributed by atoms with Gasteiger partial charge in [0.15, 0.2) is 24.5 Å². The third-order valence-corrected chi connectivity index (χ3v) is 15.5. The Balaban J connectivity index is 0.875. The number of carbonyl (C=O) groups excluding carboxylic acids is 5. The molecule has 70 heavy (non-hydrogen) atoms. The number of nitrogens with zero attached hydrogens (tertiary/aromatic N) is 5. The molecule has 10 rings (SSSR count). The molecule has 3 amide bonds. The van der Waals surface area contributed by atoms with E-state index < -0.39 is 29.8 Å². The number of Topliss-reactive ketones (excluding diaryl/α,β-unsaturated/α-hetero) is 2. The summed E-state index contributed by atoms with van der Waals surface area (Å²) in [5, 5.41) is 33.2. The molecule has 3 fully saturated rings. The number of hydrogen-bond acceptors (Lipinski definition) is 11. The van der Waals surface area contributed by atoms with Gasteiger partial charge in [-0.2, -0.15) is 5.10 Å². The zero-order valence-corrected chi connectivity index (χ0v) is 40.4. The lowest BCUT2D eigenvalue weighted by atomic mass is 9.79. The monoisotopic (exact) mass is 968 g/mol. The van der Waals surface area contributed by atoms with Crippen molar-refractivity contribution < 1.29 is 43.7 Å².